The van der Waals surface area contributed by atoms with Gasteiger partial charge in [0.1, 0.15) is 0 Å². The van der Waals surface area contributed by atoms with Gasteiger partial charge in [-0.3, -0.25) is 9.48 Å². The summed E-state index contributed by atoms with van der Waals surface area (Å²) < 4.78 is 1.95. The minimum atomic E-state index is -0.677. The summed E-state index contributed by atoms with van der Waals surface area (Å²) in [5, 5.41) is 12.9. The largest absolute Gasteiger partial charge is 0.481 e. The van der Waals surface area contributed by atoms with Crippen LogP contribution in [0.25, 0.3) is 0 Å². The molecule has 1 unspecified atom stereocenters. The van der Waals surface area contributed by atoms with Crippen molar-refractivity contribution in [1.82, 2.24) is 14.7 Å². The predicted molar refractivity (Wildman–Crippen MR) is 68.3 cm³/mol. The number of carbonyl (C=O) groups is 1. The van der Waals surface area contributed by atoms with Gasteiger partial charge < -0.3 is 10.0 Å². The highest BCUT2D eigenvalue weighted by Gasteiger charge is 2.20. The van der Waals surface area contributed by atoms with Crippen molar-refractivity contribution in [2.45, 2.75) is 32.2 Å². The van der Waals surface area contributed by atoms with Crippen LogP contribution in [0.2, 0.25) is 0 Å². The molecule has 0 bridgehead atoms. The van der Waals surface area contributed by atoms with Crippen molar-refractivity contribution in [3.8, 4) is 0 Å². The molecule has 1 aliphatic heterocycles. The molecule has 100 valence electrons. The number of likely N-dealkylation sites (tertiary alicyclic amines) is 1. The molecule has 1 aromatic rings. The fraction of sp³-hybridized carbons (Fsp3) is 0.692. The van der Waals surface area contributed by atoms with Crippen molar-refractivity contribution >= 4 is 5.97 Å². The van der Waals surface area contributed by atoms with Crippen LogP contribution in [-0.4, -0.2) is 45.4 Å². The van der Waals surface area contributed by atoms with Crippen LogP contribution in [0.3, 0.4) is 0 Å². The third kappa shape index (κ3) is 4.14. The SMILES string of the molecule is O=C(O)CCC1CCCN(CCn2cccn2)C1. The van der Waals surface area contributed by atoms with Gasteiger partial charge in [-0.05, 0) is 37.8 Å². The first-order valence-electron chi connectivity index (χ1n) is 6.65. The van der Waals surface area contributed by atoms with Crippen LogP contribution in [0.15, 0.2) is 18.5 Å². The molecule has 0 spiro atoms. The van der Waals surface area contributed by atoms with Gasteiger partial charge >= 0.3 is 5.97 Å². The van der Waals surface area contributed by atoms with Crippen LogP contribution in [-0.2, 0) is 11.3 Å². The van der Waals surface area contributed by atoms with Crippen LogP contribution in [0, 0.1) is 5.92 Å². The number of hydrogen-bond acceptors (Lipinski definition) is 3. The summed E-state index contributed by atoms with van der Waals surface area (Å²) >= 11 is 0. The summed E-state index contributed by atoms with van der Waals surface area (Å²) in [6.07, 6.45) is 7.25. The Hall–Kier alpha value is -1.36. The zero-order valence-corrected chi connectivity index (χ0v) is 10.7. The van der Waals surface area contributed by atoms with Gasteiger partial charge in [-0.25, -0.2) is 0 Å². The van der Waals surface area contributed by atoms with Gasteiger partial charge in [-0.2, -0.15) is 5.10 Å². The molecule has 1 aliphatic rings. The van der Waals surface area contributed by atoms with Crippen LogP contribution in [0.5, 0.6) is 0 Å². The lowest BCUT2D eigenvalue weighted by Crippen LogP contribution is -2.37. The Morgan fingerprint density at radius 3 is 3.06 bits per heavy atom. The van der Waals surface area contributed by atoms with E-state index in [1.807, 2.05) is 16.9 Å². The highest BCUT2D eigenvalue weighted by atomic mass is 16.4. The topological polar surface area (TPSA) is 58.4 Å². The second kappa shape index (κ2) is 6.54. The van der Waals surface area contributed by atoms with E-state index < -0.39 is 5.97 Å². The smallest absolute Gasteiger partial charge is 0.303 e. The summed E-state index contributed by atoms with van der Waals surface area (Å²) in [5.41, 5.74) is 0. The summed E-state index contributed by atoms with van der Waals surface area (Å²) in [5.74, 6) is -0.129. The minimum Gasteiger partial charge on any atom is -0.481 e. The Morgan fingerprint density at radius 1 is 1.44 bits per heavy atom. The lowest BCUT2D eigenvalue weighted by atomic mass is 9.93. The van der Waals surface area contributed by atoms with E-state index in [1.165, 1.54) is 12.8 Å². The molecule has 1 aromatic heterocycles. The third-order valence-electron chi connectivity index (χ3n) is 3.57. The number of hydrogen-bond donors (Lipinski definition) is 1. The molecule has 5 heteroatoms. The maximum Gasteiger partial charge on any atom is 0.303 e. The lowest BCUT2D eigenvalue weighted by Gasteiger charge is -2.32. The average molecular weight is 251 g/mol. The molecule has 0 saturated carbocycles. The number of piperidine rings is 1. The molecule has 0 amide bonds. The van der Waals surface area contributed by atoms with Crippen molar-refractivity contribution in [3.63, 3.8) is 0 Å². The maximum atomic E-state index is 10.6. The molecule has 2 rings (SSSR count). The van der Waals surface area contributed by atoms with Crippen molar-refractivity contribution in [2.24, 2.45) is 5.92 Å². The Labute approximate surface area is 107 Å². The number of carboxylic acids is 1. The van der Waals surface area contributed by atoms with Crippen LogP contribution >= 0.6 is 0 Å². The molecule has 1 N–H and O–H groups in total. The highest BCUT2D eigenvalue weighted by molar-refractivity contribution is 5.66. The molecular weight excluding hydrogens is 230 g/mol. The Morgan fingerprint density at radius 2 is 2.33 bits per heavy atom. The van der Waals surface area contributed by atoms with E-state index in [0.29, 0.717) is 12.3 Å². The van der Waals surface area contributed by atoms with Gasteiger partial charge in [0.05, 0.1) is 6.54 Å². The molecule has 2 heterocycles. The first kappa shape index (κ1) is 13.1. The van der Waals surface area contributed by atoms with Crippen molar-refractivity contribution in [3.05, 3.63) is 18.5 Å². The number of carboxylic acid groups (broad SMARTS) is 1. The summed E-state index contributed by atoms with van der Waals surface area (Å²) in [7, 11) is 0. The van der Waals surface area contributed by atoms with E-state index in [4.69, 9.17) is 5.11 Å². The molecule has 0 radical (unpaired) electrons. The van der Waals surface area contributed by atoms with Crippen LogP contribution in [0.4, 0.5) is 0 Å². The molecule has 1 atom stereocenters. The second-order valence-corrected chi connectivity index (χ2v) is 5.01. The molecule has 18 heavy (non-hydrogen) atoms. The van der Waals surface area contributed by atoms with Crippen molar-refractivity contribution in [1.29, 1.82) is 0 Å². The maximum absolute atomic E-state index is 10.6. The zero-order chi connectivity index (χ0) is 12.8. The average Bonchev–Trinajstić information content (AvgIpc) is 2.87. The van der Waals surface area contributed by atoms with Crippen molar-refractivity contribution < 1.29 is 9.90 Å². The van der Waals surface area contributed by atoms with Gasteiger partial charge in [-0.1, -0.05) is 0 Å². The zero-order valence-electron chi connectivity index (χ0n) is 10.7. The summed E-state index contributed by atoms with van der Waals surface area (Å²) in [6.45, 7) is 4.09. The molecule has 1 fully saturated rings. The lowest BCUT2D eigenvalue weighted by molar-refractivity contribution is -0.137. The summed E-state index contributed by atoms with van der Waals surface area (Å²) in [6, 6.07) is 1.94. The molecule has 0 aromatic carbocycles. The van der Waals surface area contributed by atoms with Gasteiger partial charge in [0.15, 0.2) is 0 Å². The first-order chi connectivity index (χ1) is 8.74. The highest BCUT2D eigenvalue weighted by Crippen LogP contribution is 2.20. The number of rotatable bonds is 6. The van der Waals surface area contributed by atoms with Gasteiger partial charge in [0.25, 0.3) is 0 Å². The minimum absolute atomic E-state index is 0.303. The molecule has 0 aliphatic carbocycles. The fourth-order valence-corrected chi connectivity index (χ4v) is 2.59. The molecular formula is C13H21N3O2. The van der Waals surface area contributed by atoms with E-state index in [0.717, 1.165) is 32.6 Å². The second-order valence-electron chi connectivity index (χ2n) is 5.01. The number of nitrogens with zero attached hydrogens (tertiary/aromatic N) is 3. The normalized spacial score (nSPS) is 21.0. The first-order valence-corrected chi connectivity index (χ1v) is 6.65. The van der Waals surface area contributed by atoms with Gasteiger partial charge in [0.2, 0.25) is 0 Å². The Kier molecular flexibility index (Phi) is 4.75. The molecule has 5 nitrogen and oxygen atoms in total. The van der Waals surface area contributed by atoms with E-state index >= 15 is 0 Å². The van der Waals surface area contributed by atoms with E-state index in [1.54, 1.807) is 6.20 Å². The number of aromatic nitrogens is 2. The monoisotopic (exact) mass is 251 g/mol. The predicted octanol–water partition coefficient (Wildman–Crippen LogP) is 1.46. The van der Waals surface area contributed by atoms with E-state index in [2.05, 4.69) is 10.00 Å². The van der Waals surface area contributed by atoms with Crippen LogP contribution < -0.4 is 0 Å². The fourth-order valence-electron chi connectivity index (χ4n) is 2.59. The quantitative estimate of drug-likeness (QED) is 0.831. The van der Waals surface area contributed by atoms with E-state index in [-0.39, 0.29) is 0 Å². The Balaban J connectivity index is 1.71. The van der Waals surface area contributed by atoms with Gasteiger partial charge in [-0.15, -0.1) is 0 Å². The Bertz CT molecular complexity index is 364. The van der Waals surface area contributed by atoms with Crippen molar-refractivity contribution in [2.75, 3.05) is 19.6 Å². The van der Waals surface area contributed by atoms with Gasteiger partial charge in [0, 0.05) is 31.9 Å². The number of aliphatic carboxylic acids is 1. The standard InChI is InChI=1S/C13H21N3O2/c17-13(18)5-4-12-3-1-7-15(11-12)9-10-16-8-2-6-14-16/h2,6,8,12H,1,3-5,7,9-11H2,(H,17,18). The summed E-state index contributed by atoms with van der Waals surface area (Å²) in [4.78, 5) is 13.0. The third-order valence-corrected chi connectivity index (χ3v) is 3.57. The van der Waals surface area contributed by atoms with Crippen LogP contribution in [0.1, 0.15) is 25.7 Å². The molecule has 1 saturated heterocycles. The van der Waals surface area contributed by atoms with E-state index in [9.17, 15) is 4.79 Å².